The van der Waals surface area contributed by atoms with Gasteiger partial charge in [-0.25, -0.2) is 4.39 Å². The predicted molar refractivity (Wildman–Crippen MR) is 203 cm³/mol. The molecule has 0 atom stereocenters. The van der Waals surface area contributed by atoms with E-state index in [2.05, 4.69) is 47.6 Å². The van der Waals surface area contributed by atoms with Crippen LogP contribution in [0.3, 0.4) is 0 Å². The lowest BCUT2D eigenvalue weighted by atomic mass is 9.96. The molecule has 5 nitrogen and oxygen atoms in total. The van der Waals surface area contributed by atoms with Gasteiger partial charge in [0, 0.05) is 30.2 Å². The normalized spacial score (nSPS) is 13.8. The number of benzene rings is 4. The fourth-order valence-corrected chi connectivity index (χ4v) is 13.4. The van der Waals surface area contributed by atoms with E-state index >= 15 is 4.79 Å². The number of aromatic nitrogens is 1. The number of nitrogens with zero attached hydrogens (tertiary/aromatic N) is 2. The fourth-order valence-electron chi connectivity index (χ4n) is 7.95. The second kappa shape index (κ2) is 15.0. The lowest BCUT2D eigenvalue weighted by Gasteiger charge is -2.43. The maximum atomic E-state index is 15.1. The number of pyridine rings is 1. The first-order valence-electron chi connectivity index (χ1n) is 17.6. The molecule has 0 unspecified atom stereocenters. The molecule has 6 rings (SSSR count). The van der Waals surface area contributed by atoms with Gasteiger partial charge in [0.1, 0.15) is 23.2 Å². The highest BCUT2D eigenvalue weighted by Gasteiger charge is 2.48. The summed E-state index contributed by atoms with van der Waals surface area (Å²) in [7, 11) is -2.47. The van der Waals surface area contributed by atoms with E-state index in [1.807, 2.05) is 71.6 Å². The monoisotopic (exact) mass is 708 g/mol. The second-order valence-electron chi connectivity index (χ2n) is 14.2. The average molecular weight is 709 g/mol. The summed E-state index contributed by atoms with van der Waals surface area (Å²) in [6, 6.07) is 28.8. The third-order valence-corrected chi connectivity index (χ3v) is 16.5. The molecule has 0 bridgehead atoms. The van der Waals surface area contributed by atoms with Gasteiger partial charge >= 0.3 is 0 Å². The van der Waals surface area contributed by atoms with Crippen molar-refractivity contribution in [3.63, 3.8) is 0 Å². The molecule has 4 aromatic carbocycles. The molecule has 260 valence electrons. The molecule has 0 fully saturated rings. The average Bonchev–Trinajstić information content (AvgIpc) is 3.26. The van der Waals surface area contributed by atoms with Crippen LogP contribution in [0.2, 0.25) is 21.6 Å². The van der Waals surface area contributed by atoms with Crippen LogP contribution in [0.4, 0.5) is 4.39 Å². The Balaban J connectivity index is 1.61. The molecule has 1 aromatic heterocycles. The number of carbonyl (C=O) groups is 1. The Kier molecular flexibility index (Phi) is 10.7. The van der Waals surface area contributed by atoms with E-state index in [0.717, 1.165) is 39.8 Å². The summed E-state index contributed by atoms with van der Waals surface area (Å²) >= 11 is 6.18. The van der Waals surface area contributed by atoms with Crippen molar-refractivity contribution < 1.29 is 18.3 Å². The number of carbonyl (C=O) groups excluding carboxylic acids is 1. The molecule has 5 aromatic rings. The van der Waals surface area contributed by atoms with Crippen molar-refractivity contribution in [3.8, 4) is 11.5 Å². The van der Waals surface area contributed by atoms with Crippen molar-refractivity contribution in [2.75, 3.05) is 6.54 Å². The summed E-state index contributed by atoms with van der Waals surface area (Å²) in [5.41, 5.74) is 5.58. The number of hydrogen-bond donors (Lipinski definition) is 0. The van der Waals surface area contributed by atoms with Crippen molar-refractivity contribution in [2.45, 2.75) is 83.7 Å². The number of fused-ring (bicyclic) bond motifs is 2. The van der Waals surface area contributed by atoms with E-state index in [9.17, 15) is 4.39 Å². The van der Waals surface area contributed by atoms with Gasteiger partial charge in [0.05, 0.1) is 10.6 Å². The minimum Gasteiger partial charge on any atom is -0.542 e. The third-order valence-electron chi connectivity index (χ3n) is 10.2. The Labute approximate surface area is 301 Å². The Hall–Kier alpha value is -4.20. The highest BCUT2D eigenvalue weighted by molar-refractivity contribution is 6.78. The van der Waals surface area contributed by atoms with Gasteiger partial charge in [-0.05, 0) is 70.4 Å². The molecule has 0 saturated heterocycles. The SMILES string of the molecule is CC(C)[Si](Oc1c2c(c(OC(c3ccccc3)c3ccccc3)c3ncccc13)C(=O)N(Cc1ccc(F)c(Cl)c1)CCC2)(C(C)C)C(C)C. The molecular formula is C42H46ClFN2O3Si. The molecule has 50 heavy (non-hydrogen) atoms. The zero-order valence-electron chi connectivity index (χ0n) is 29.8. The van der Waals surface area contributed by atoms with Crippen molar-refractivity contribution in [1.82, 2.24) is 9.88 Å². The van der Waals surface area contributed by atoms with Crippen LogP contribution in [-0.4, -0.2) is 30.7 Å². The molecule has 1 aliphatic heterocycles. The quantitative estimate of drug-likeness (QED) is 0.128. The smallest absolute Gasteiger partial charge is 0.258 e. The summed E-state index contributed by atoms with van der Waals surface area (Å²) in [5, 5.41) is 0.887. The molecule has 0 aliphatic carbocycles. The summed E-state index contributed by atoms with van der Waals surface area (Å²) < 4.78 is 28.8. The highest BCUT2D eigenvalue weighted by atomic mass is 35.5. The standard InChI is InChI=1S/C42H46ClFN2O3Si/c1-27(2)50(28(3)4,29(5)6)49-40-33-20-14-24-46(26-30-21-22-36(44)35(43)25-30)42(47)37(33)41(38-34(40)19-13-23-45-38)48-39(31-15-9-7-10-16-31)32-17-11-8-12-18-32/h7-13,15-19,21-23,25,27-29,39H,14,20,24,26H2,1-6H3. The van der Waals surface area contributed by atoms with Crippen LogP contribution in [0.1, 0.15) is 86.7 Å². The van der Waals surface area contributed by atoms with Gasteiger partial charge in [0.25, 0.3) is 14.2 Å². The van der Waals surface area contributed by atoms with E-state index in [1.54, 1.807) is 18.3 Å². The molecule has 1 aliphatic rings. The predicted octanol–water partition coefficient (Wildman–Crippen LogP) is 11.3. The van der Waals surface area contributed by atoms with Crippen molar-refractivity contribution in [2.24, 2.45) is 0 Å². The zero-order valence-corrected chi connectivity index (χ0v) is 31.5. The molecule has 0 spiro atoms. The number of hydrogen-bond acceptors (Lipinski definition) is 4. The van der Waals surface area contributed by atoms with E-state index in [4.69, 9.17) is 25.7 Å². The van der Waals surface area contributed by atoms with Crippen LogP contribution in [0.15, 0.2) is 97.2 Å². The summed E-state index contributed by atoms with van der Waals surface area (Å²) in [4.78, 5) is 21.8. The van der Waals surface area contributed by atoms with Crippen LogP contribution in [0.5, 0.6) is 11.5 Å². The lowest BCUT2D eigenvalue weighted by molar-refractivity contribution is 0.0743. The van der Waals surface area contributed by atoms with Crippen molar-refractivity contribution in [3.05, 3.63) is 136 Å². The number of ether oxygens (including phenoxy) is 1. The van der Waals surface area contributed by atoms with E-state index < -0.39 is 20.2 Å². The van der Waals surface area contributed by atoms with Gasteiger partial charge in [-0.1, -0.05) is 120 Å². The van der Waals surface area contributed by atoms with Gasteiger partial charge in [-0.2, -0.15) is 0 Å². The van der Waals surface area contributed by atoms with Crippen LogP contribution in [0, 0.1) is 5.82 Å². The Morgan fingerprint density at radius 1 is 0.840 bits per heavy atom. The zero-order chi connectivity index (χ0) is 35.6. The topological polar surface area (TPSA) is 51.7 Å². The van der Waals surface area contributed by atoms with Crippen LogP contribution in [0.25, 0.3) is 10.9 Å². The number of amides is 1. The van der Waals surface area contributed by atoms with Crippen LogP contribution in [-0.2, 0) is 13.0 Å². The molecular weight excluding hydrogens is 663 g/mol. The first kappa shape index (κ1) is 35.6. The molecule has 0 radical (unpaired) electrons. The third kappa shape index (κ3) is 6.78. The highest BCUT2D eigenvalue weighted by Crippen LogP contribution is 2.49. The summed E-state index contributed by atoms with van der Waals surface area (Å²) in [6.45, 7) is 14.4. The summed E-state index contributed by atoms with van der Waals surface area (Å²) in [6.07, 6.45) is 2.59. The fraction of sp³-hybridized carbons (Fsp3) is 0.333. The van der Waals surface area contributed by atoms with Gasteiger partial charge < -0.3 is 14.1 Å². The lowest BCUT2D eigenvalue weighted by Crippen LogP contribution is -2.51. The number of halogens is 2. The number of rotatable bonds is 11. The minimum absolute atomic E-state index is 0.0333. The van der Waals surface area contributed by atoms with Crippen LogP contribution < -0.4 is 9.16 Å². The summed E-state index contributed by atoms with van der Waals surface area (Å²) in [5.74, 6) is 0.546. The maximum Gasteiger partial charge on any atom is 0.258 e. The largest absolute Gasteiger partial charge is 0.542 e. The van der Waals surface area contributed by atoms with Gasteiger partial charge in [0.15, 0.2) is 5.75 Å². The Morgan fingerprint density at radius 2 is 1.46 bits per heavy atom. The van der Waals surface area contributed by atoms with E-state index in [-0.39, 0.29) is 17.5 Å². The van der Waals surface area contributed by atoms with Crippen molar-refractivity contribution in [1.29, 1.82) is 0 Å². The maximum absolute atomic E-state index is 15.1. The minimum atomic E-state index is -2.47. The molecule has 0 N–H and O–H groups in total. The Bertz CT molecular complexity index is 1910. The van der Waals surface area contributed by atoms with E-state index in [0.29, 0.717) is 46.4 Å². The second-order valence-corrected chi connectivity index (χ2v) is 20.0. The Morgan fingerprint density at radius 3 is 2.04 bits per heavy atom. The van der Waals surface area contributed by atoms with Crippen LogP contribution >= 0.6 is 11.6 Å². The van der Waals surface area contributed by atoms with Crippen molar-refractivity contribution >= 4 is 36.7 Å². The molecule has 0 saturated carbocycles. The first-order valence-corrected chi connectivity index (χ1v) is 20.2. The molecule has 1 amide bonds. The molecule has 2 heterocycles. The van der Waals surface area contributed by atoms with Gasteiger partial charge in [-0.15, -0.1) is 0 Å². The van der Waals surface area contributed by atoms with E-state index in [1.165, 1.54) is 6.07 Å². The van der Waals surface area contributed by atoms with Gasteiger partial charge in [-0.3, -0.25) is 9.78 Å². The molecule has 8 heteroatoms. The first-order chi connectivity index (χ1) is 24.0. The van der Waals surface area contributed by atoms with Gasteiger partial charge in [0.2, 0.25) is 0 Å².